The van der Waals surface area contributed by atoms with Gasteiger partial charge >= 0.3 is 0 Å². The van der Waals surface area contributed by atoms with E-state index in [1.165, 1.54) is 0 Å². The molecule has 0 fully saturated rings. The minimum absolute atomic E-state index is 0.0163. The molecule has 7 heteroatoms. The molecule has 2 N–H and O–H groups in total. The molecule has 2 rings (SSSR count). The average molecular weight is 276 g/mol. The number of carbonyl (C=O) groups excluding carboxylic acids is 1. The molecular weight excluding hydrogens is 256 g/mol. The highest BCUT2D eigenvalue weighted by molar-refractivity contribution is 5.79. The summed E-state index contributed by atoms with van der Waals surface area (Å²) >= 11 is 0. The number of likely N-dealkylation sites (N-methyl/N-ethyl adjacent to an activating group) is 1. The number of nitrogens with zero attached hydrogens (tertiary/aromatic N) is 5. The summed E-state index contributed by atoms with van der Waals surface area (Å²) in [4.78, 5) is 14.0. The molecule has 1 atom stereocenters. The van der Waals surface area contributed by atoms with E-state index in [-0.39, 0.29) is 11.9 Å². The summed E-state index contributed by atoms with van der Waals surface area (Å²) in [7, 11) is 1.77. The van der Waals surface area contributed by atoms with Gasteiger partial charge in [0.05, 0.1) is 6.20 Å². The molecule has 1 amide bonds. The van der Waals surface area contributed by atoms with Crippen LogP contribution in [0, 0.1) is 0 Å². The van der Waals surface area contributed by atoms with Crippen LogP contribution in [0.25, 0.3) is 0 Å². The second kappa shape index (κ2) is 5.77. The van der Waals surface area contributed by atoms with Crippen LogP contribution in [-0.2, 0) is 17.9 Å². The molecule has 0 aliphatic carbocycles. The van der Waals surface area contributed by atoms with Crippen molar-refractivity contribution in [2.75, 3.05) is 12.8 Å². The zero-order chi connectivity index (χ0) is 14.7. The van der Waals surface area contributed by atoms with E-state index in [9.17, 15) is 4.79 Å². The molecule has 0 spiro atoms. The molecule has 2 aromatic rings. The van der Waals surface area contributed by atoms with Crippen LogP contribution >= 0.6 is 0 Å². The Morgan fingerprint density at radius 1 is 1.55 bits per heavy atom. The van der Waals surface area contributed by atoms with Crippen molar-refractivity contribution < 1.29 is 4.79 Å². The van der Waals surface area contributed by atoms with Crippen LogP contribution in [0.15, 0.2) is 24.7 Å². The van der Waals surface area contributed by atoms with Crippen LogP contribution in [0.3, 0.4) is 0 Å². The third kappa shape index (κ3) is 2.98. The largest absolute Gasteiger partial charge is 0.382 e. The van der Waals surface area contributed by atoms with Crippen molar-refractivity contribution in [3.63, 3.8) is 0 Å². The van der Waals surface area contributed by atoms with Crippen LogP contribution in [-0.4, -0.2) is 37.4 Å². The molecule has 2 aromatic heterocycles. The smallest absolute Gasteiger partial charge is 0.247 e. The Labute approximate surface area is 118 Å². The van der Waals surface area contributed by atoms with Crippen LogP contribution in [0.1, 0.15) is 25.5 Å². The fourth-order valence-electron chi connectivity index (χ4n) is 2.01. The predicted octanol–water partition coefficient (Wildman–Crippen LogP) is 0.901. The lowest BCUT2D eigenvalue weighted by Gasteiger charge is -2.21. The van der Waals surface area contributed by atoms with Crippen LogP contribution in [0.4, 0.5) is 5.82 Å². The maximum atomic E-state index is 12.3. The van der Waals surface area contributed by atoms with Crippen molar-refractivity contribution >= 4 is 11.7 Å². The standard InChI is InChI=1S/C13H20N6O/c1-4-18-9-11(7-15-18)8-17(3)13(20)10(2)19-6-5-12(14)16-19/h5-7,9-10H,4,8H2,1-3H3,(H2,14,16). The first-order chi connectivity index (χ1) is 9.51. The summed E-state index contributed by atoms with van der Waals surface area (Å²) in [6.45, 7) is 5.18. The minimum Gasteiger partial charge on any atom is -0.382 e. The lowest BCUT2D eigenvalue weighted by molar-refractivity contribution is -0.133. The summed E-state index contributed by atoms with van der Waals surface area (Å²) in [6.07, 6.45) is 5.44. The molecule has 108 valence electrons. The second-order valence-electron chi connectivity index (χ2n) is 4.80. The Morgan fingerprint density at radius 2 is 2.30 bits per heavy atom. The second-order valence-corrected chi connectivity index (χ2v) is 4.80. The van der Waals surface area contributed by atoms with Crippen LogP contribution in [0.2, 0.25) is 0 Å². The molecule has 20 heavy (non-hydrogen) atoms. The van der Waals surface area contributed by atoms with E-state index in [1.54, 1.807) is 42.0 Å². The van der Waals surface area contributed by atoms with Gasteiger partial charge < -0.3 is 10.6 Å². The molecule has 0 bridgehead atoms. The average Bonchev–Trinajstić information content (AvgIpc) is 3.05. The van der Waals surface area contributed by atoms with E-state index in [0.29, 0.717) is 12.4 Å². The quantitative estimate of drug-likeness (QED) is 0.879. The monoisotopic (exact) mass is 276 g/mol. The number of nitrogens with two attached hydrogens (primary N) is 1. The van der Waals surface area contributed by atoms with Crippen molar-refractivity contribution in [2.24, 2.45) is 0 Å². The van der Waals surface area contributed by atoms with Gasteiger partial charge in [0, 0.05) is 38.1 Å². The highest BCUT2D eigenvalue weighted by Crippen LogP contribution is 2.12. The molecule has 0 radical (unpaired) electrons. The molecule has 0 saturated carbocycles. The number of amides is 1. The van der Waals surface area contributed by atoms with Crippen molar-refractivity contribution in [1.29, 1.82) is 0 Å². The molecule has 0 aromatic carbocycles. The van der Waals surface area contributed by atoms with E-state index in [0.717, 1.165) is 12.1 Å². The maximum absolute atomic E-state index is 12.3. The van der Waals surface area contributed by atoms with Crippen molar-refractivity contribution in [3.8, 4) is 0 Å². The van der Waals surface area contributed by atoms with Crippen molar-refractivity contribution in [1.82, 2.24) is 24.5 Å². The number of hydrogen-bond acceptors (Lipinski definition) is 4. The number of hydrogen-bond donors (Lipinski definition) is 1. The Hall–Kier alpha value is -2.31. The Bertz CT molecular complexity index is 587. The van der Waals surface area contributed by atoms with Crippen LogP contribution < -0.4 is 5.73 Å². The maximum Gasteiger partial charge on any atom is 0.247 e. The third-order valence-corrected chi connectivity index (χ3v) is 3.19. The first kappa shape index (κ1) is 14.1. The van der Waals surface area contributed by atoms with E-state index in [2.05, 4.69) is 10.2 Å². The SMILES string of the molecule is CCn1cc(CN(C)C(=O)C(C)n2ccc(N)n2)cn1. The molecule has 0 aliphatic rings. The van der Waals surface area contributed by atoms with Gasteiger partial charge in [0.1, 0.15) is 11.9 Å². The number of anilines is 1. The van der Waals surface area contributed by atoms with E-state index >= 15 is 0 Å². The first-order valence-corrected chi connectivity index (χ1v) is 6.58. The fraction of sp³-hybridized carbons (Fsp3) is 0.462. The van der Waals surface area contributed by atoms with Gasteiger partial charge in [-0.25, -0.2) is 0 Å². The topological polar surface area (TPSA) is 82.0 Å². The number of rotatable bonds is 5. The zero-order valence-corrected chi connectivity index (χ0v) is 12.0. The van der Waals surface area contributed by atoms with E-state index in [4.69, 9.17) is 5.73 Å². The third-order valence-electron chi connectivity index (χ3n) is 3.19. The van der Waals surface area contributed by atoms with Gasteiger partial charge in [0.2, 0.25) is 5.91 Å². The summed E-state index contributed by atoms with van der Waals surface area (Å²) in [6, 6.07) is 1.30. The summed E-state index contributed by atoms with van der Waals surface area (Å²) in [5.74, 6) is 0.397. The van der Waals surface area contributed by atoms with E-state index in [1.807, 2.05) is 17.8 Å². The molecule has 0 saturated heterocycles. The highest BCUT2D eigenvalue weighted by atomic mass is 16.2. The van der Waals surface area contributed by atoms with Gasteiger partial charge in [-0.05, 0) is 19.9 Å². The Balaban J connectivity index is 2.01. The van der Waals surface area contributed by atoms with Gasteiger partial charge in [-0.15, -0.1) is 0 Å². The van der Waals surface area contributed by atoms with Gasteiger partial charge in [0.15, 0.2) is 0 Å². The zero-order valence-electron chi connectivity index (χ0n) is 12.0. The van der Waals surface area contributed by atoms with Gasteiger partial charge in [-0.1, -0.05) is 0 Å². The molecule has 0 aliphatic heterocycles. The Morgan fingerprint density at radius 3 is 2.85 bits per heavy atom. The number of aryl methyl sites for hydroxylation is 1. The summed E-state index contributed by atoms with van der Waals surface area (Å²) < 4.78 is 3.41. The molecular formula is C13H20N6O. The van der Waals surface area contributed by atoms with Crippen LogP contribution in [0.5, 0.6) is 0 Å². The van der Waals surface area contributed by atoms with Crippen molar-refractivity contribution in [3.05, 3.63) is 30.2 Å². The summed E-state index contributed by atoms with van der Waals surface area (Å²) in [5.41, 5.74) is 6.58. The molecule has 2 heterocycles. The predicted molar refractivity (Wildman–Crippen MR) is 75.7 cm³/mol. The number of aromatic nitrogens is 4. The fourth-order valence-corrected chi connectivity index (χ4v) is 2.01. The van der Waals surface area contributed by atoms with Gasteiger partial charge in [-0.3, -0.25) is 14.2 Å². The normalized spacial score (nSPS) is 12.3. The number of nitrogen functional groups attached to an aromatic ring is 1. The Kier molecular flexibility index (Phi) is 4.07. The molecule has 7 nitrogen and oxygen atoms in total. The van der Waals surface area contributed by atoms with Gasteiger partial charge in [0.25, 0.3) is 0 Å². The number of carbonyl (C=O) groups is 1. The lowest BCUT2D eigenvalue weighted by atomic mass is 10.2. The lowest BCUT2D eigenvalue weighted by Crippen LogP contribution is -2.32. The molecule has 1 unspecified atom stereocenters. The van der Waals surface area contributed by atoms with Gasteiger partial charge in [-0.2, -0.15) is 10.2 Å². The summed E-state index contributed by atoms with van der Waals surface area (Å²) in [5, 5.41) is 8.27. The van der Waals surface area contributed by atoms with Crippen molar-refractivity contribution in [2.45, 2.75) is 33.0 Å². The highest BCUT2D eigenvalue weighted by Gasteiger charge is 2.20. The minimum atomic E-state index is -0.376. The van der Waals surface area contributed by atoms with E-state index < -0.39 is 0 Å². The first-order valence-electron chi connectivity index (χ1n) is 6.58.